The Labute approximate surface area is 124 Å². The number of hydrogen-bond acceptors (Lipinski definition) is 3. The minimum atomic E-state index is -0.0346. The molecular weight excluding hydrogens is 264 g/mol. The molecule has 5 nitrogen and oxygen atoms in total. The Morgan fingerprint density at radius 3 is 2.62 bits per heavy atom. The van der Waals surface area contributed by atoms with Gasteiger partial charge in [-0.05, 0) is 18.6 Å². The molecule has 1 amide bonds. The van der Waals surface area contributed by atoms with Crippen LogP contribution in [0.1, 0.15) is 27.7 Å². The summed E-state index contributed by atoms with van der Waals surface area (Å²) < 4.78 is 1.72. The van der Waals surface area contributed by atoms with Gasteiger partial charge in [0.1, 0.15) is 0 Å². The largest absolute Gasteiger partial charge is 0.335 e. The van der Waals surface area contributed by atoms with Crippen molar-refractivity contribution >= 4 is 5.91 Å². The summed E-state index contributed by atoms with van der Waals surface area (Å²) >= 11 is 0. The Morgan fingerprint density at radius 2 is 2.00 bits per heavy atom. The Balaban J connectivity index is 1.78. The van der Waals surface area contributed by atoms with E-state index in [9.17, 15) is 4.79 Å². The molecule has 1 fully saturated rings. The zero-order chi connectivity index (χ0) is 15.0. The Hall–Kier alpha value is -2.14. The standard InChI is InChI=1S/C16H20N4O/c1-11-8-15(18-19(11)2)16(21)20-9-13(14(17)10-20)12-6-4-3-5-7-12/h3-8,13-14H,9-10,17H2,1-2H3/t13-,14+/m0/s1. The molecule has 2 atom stereocenters. The molecule has 1 aliphatic rings. The van der Waals surface area contributed by atoms with E-state index in [-0.39, 0.29) is 17.9 Å². The number of nitrogens with two attached hydrogens (primary N) is 1. The highest BCUT2D eigenvalue weighted by molar-refractivity contribution is 5.92. The van der Waals surface area contributed by atoms with E-state index in [4.69, 9.17) is 5.73 Å². The molecule has 0 saturated carbocycles. The first-order chi connectivity index (χ1) is 10.1. The maximum absolute atomic E-state index is 12.5. The van der Waals surface area contributed by atoms with Gasteiger partial charge in [0.05, 0.1) is 0 Å². The third-order valence-corrected chi connectivity index (χ3v) is 4.21. The van der Waals surface area contributed by atoms with Crippen LogP contribution in [0.25, 0.3) is 0 Å². The number of aromatic nitrogens is 2. The van der Waals surface area contributed by atoms with Crippen molar-refractivity contribution in [2.24, 2.45) is 12.8 Å². The molecule has 21 heavy (non-hydrogen) atoms. The summed E-state index contributed by atoms with van der Waals surface area (Å²) in [4.78, 5) is 14.3. The fraction of sp³-hybridized carbons (Fsp3) is 0.375. The summed E-state index contributed by atoms with van der Waals surface area (Å²) in [6, 6.07) is 11.9. The predicted octanol–water partition coefficient (Wildman–Crippen LogP) is 1.30. The van der Waals surface area contributed by atoms with Crippen molar-refractivity contribution < 1.29 is 4.79 Å². The second-order valence-corrected chi connectivity index (χ2v) is 5.69. The van der Waals surface area contributed by atoms with Gasteiger partial charge in [0.15, 0.2) is 5.69 Å². The highest BCUT2D eigenvalue weighted by Gasteiger charge is 2.34. The van der Waals surface area contributed by atoms with Crippen LogP contribution in [0.2, 0.25) is 0 Å². The second kappa shape index (κ2) is 5.33. The van der Waals surface area contributed by atoms with Gasteiger partial charge in [0.2, 0.25) is 0 Å². The quantitative estimate of drug-likeness (QED) is 0.904. The number of amides is 1. The van der Waals surface area contributed by atoms with Crippen molar-refractivity contribution in [3.63, 3.8) is 0 Å². The summed E-state index contributed by atoms with van der Waals surface area (Å²) in [5, 5.41) is 4.26. The smallest absolute Gasteiger partial charge is 0.274 e. The number of hydrogen-bond donors (Lipinski definition) is 1. The number of rotatable bonds is 2. The van der Waals surface area contributed by atoms with Gasteiger partial charge < -0.3 is 10.6 Å². The van der Waals surface area contributed by atoms with Gasteiger partial charge in [-0.15, -0.1) is 0 Å². The van der Waals surface area contributed by atoms with Gasteiger partial charge in [0, 0.05) is 37.8 Å². The molecule has 2 heterocycles. The lowest BCUT2D eigenvalue weighted by atomic mass is 9.95. The van der Waals surface area contributed by atoms with E-state index in [1.807, 2.05) is 43.1 Å². The zero-order valence-corrected chi connectivity index (χ0v) is 12.4. The van der Waals surface area contributed by atoms with Crippen LogP contribution in [0.4, 0.5) is 0 Å². The Morgan fingerprint density at radius 1 is 1.29 bits per heavy atom. The number of likely N-dealkylation sites (tertiary alicyclic amines) is 1. The molecule has 0 unspecified atom stereocenters. The van der Waals surface area contributed by atoms with Crippen molar-refractivity contribution in [3.8, 4) is 0 Å². The molecule has 1 aliphatic heterocycles. The average Bonchev–Trinajstić information content (AvgIpc) is 3.03. The summed E-state index contributed by atoms with van der Waals surface area (Å²) in [7, 11) is 1.84. The molecule has 5 heteroatoms. The van der Waals surface area contributed by atoms with Crippen LogP contribution in [-0.2, 0) is 7.05 Å². The van der Waals surface area contributed by atoms with Crippen molar-refractivity contribution in [3.05, 3.63) is 53.3 Å². The number of benzene rings is 1. The van der Waals surface area contributed by atoms with E-state index in [1.54, 1.807) is 4.68 Å². The molecule has 1 aromatic heterocycles. The van der Waals surface area contributed by atoms with Gasteiger partial charge in [0.25, 0.3) is 5.91 Å². The van der Waals surface area contributed by atoms with Crippen LogP contribution in [0.15, 0.2) is 36.4 Å². The minimum Gasteiger partial charge on any atom is -0.335 e. The van der Waals surface area contributed by atoms with E-state index in [2.05, 4.69) is 17.2 Å². The predicted molar refractivity (Wildman–Crippen MR) is 81.0 cm³/mol. The first-order valence-electron chi connectivity index (χ1n) is 7.16. The van der Waals surface area contributed by atoms with Gasteiger partial charge >= 0.3 is 0 Å². The first-order valence-corrected chi connectivity index (χ1v) is 7.16. The molecule has 0 aliphatic carbocycles. The molecule has 2 N–H and O–H groups in total. The van der Waals surface area contributed by atoms with Gasteiger partial charge in [-0.25, -0.2) is 0 Å². The number of carbonyl (C=O) groups is 1. The zero-order valence-electron chi connectivity index (χ0n) is 12.4. The van der Waals surface area contributed by atoms with Crippen molar-refractivity contribution in [2.75, 3.05) is 13.1 Å². The Bertz CT molecular complexity index is 630. The lowest BCUT2D eigenvalue weighted by molar-refractivity contribution is 0.0782. The third-order valence-electron chi connectivity index (χ3n) is 4.21. The topological polar surface area (TPSA) is 64.2 Å². The van der Waals surface area contributed by atoms with Crippen molar-refractivity contribution in [1.82, 2.24) is 14.7 Å². The molecule has 1 saturated heterocycles. The number of carbonyl (C=O) groups excluding carboxylic acids is 1. The van der Waals surface area contributed by atoms with Gasteiger partial charge in [-0.3, -0.25) is 9.48 Å². The van der Waals surface area contributed by atoms with E-state index in [0.29, 0.717) is 18.8 Å². The lowest BCUT2D eigenvalue weighted by Crippen LogP contribution is -2.32. The summed E-state index contributed by atoms with van der Waals surface area (Å²) in [6.45, 7) is 3.17. The number of nitrogens with zero attached hydrogens (tertiary/aromatic N) is 3. The summed E-state index contributed by atoms with van der Waals surface area (Å²) in [6.07, 6.45) is 0. The fourth-order valence-corrected chi connectivity index (χ4v) is 2.87. The average molecular weight is 284 g/mol. The van der Waals surface area contributed by atoms with Crippen LogP contribution in [0.5, 0.6) is 0 Å². The Kier molecular flexibility index (Phi) is 3.51. The molecular formula is C16H20N4O. The highest BCUT2D eigenvalue weighted by Crippen LogP contribution is 2.27. The van der Waals surface area contributed by atoms with Crippen LogP contribution in [0, 0.1) is 6.92 Å². The van der Waals surface area contributed by atoms with Crippen molar-refractivity contribution in [2.45, 2.75) is 18.9 Å². The van der Waals surface area contributed by atoms with Gasteiger partial charge in [-0.2, -0.15) is 5.10 Å². The molecule has 0 bridgehead atoms. The monoisotopic (exact) mass is 284 g/mol. The van der Waals surface area contributed by atoms with Crippen molar-refractivity contribution in [1.29, 1.82) is 0 Å². The first kappa shape index (κ1) is 13.8. The summed E-state index contributed by atoms with van der Waals surface area (Å²) in [5.74, 6) is 0.160. The van der Waals surface area contributed by atoms with Crippen LogP contribution in [0.3, 0.4) is 0 Å². The minimum absolute atomic E-state index is 0.0267. The molecule has 0 radical (unpaired) electrons. The second-order valence-electron chi connectivity index (χ2n) is 5.69. The SMILES string of the molecule is Cc1cc(C(=O)N2C[C@@H](N)[C@H](c3ccccc3)C2)nn1C. The van der Waals surface area contributed by atoms with Crippen LogP contribution >= 0.6 is 0 Å². The van der Waals surface area contributed by atoms with Crippen LogP contribution < -0.4 is 5.73 Å². The molecule has 2 aromatic rings. The van der Waals surface area contributed by atoms with Gasteiger partial charge in [-0.1, -0.05) is 30.3 Å². The maximum atomic E-state index is 12.5. The van der Waals surface area contributed by atoms with E-state index in [0.717, 1.165) is 5.69 Å². The normalized spacial score (nSPS) is 21.8. The third kappa shape index (κ3) is 2.56. The number of aryl methyl sites for hydroxylation is 2. The molecule has 110 valence electrons. The van der Waals surface area contributed by atoms with E-state index >= 15 is 0 Å². The molecule has 0 spiro atoms. The summed E-state index contributed by atoms with van der Waals surface area (Å²) in [5.41, 5.74) is 8.89. The van der Waals surface area contributed by atoms with Crippen LogP contribution in [-0.4, -0.2) is 39.7 Å². The lowest BCUT2D eigenvalue weighted by Gasteiger charge is -2.15. The highest BCUT2D eigenvalue weighted by atomic mass is 16.2. The molecule has 3 rings (SSSR count). The van der Waals surface area contributed by atoms with E-state index < -0.39 is 0 Å². The fourth-order valence-electron chi connectivity index (χ4n) is 2.87. The molecule has 1 aromatic carbocycles. The van der Waals surface area contributed by atoms with E-state index in [1.165, 1.54) is 5.56 Å². The maximum Gasteiger partial charge on any atom is 0.274 e.